The normalized spacial score (nSPS) is 17.0. The van der Waals surface area contributed by atoms with Crippen molar-refractivity contribution >= 4 is 17.4 Å². The quantitative estimate of drug-likeness (QED) is 0.604. The molecule has 0 aliphatic carbocycles. The lowest BCUT2D eigenvalue weighted by molar-refractivity contribution is -0.141. The van der Waals surface area contributed by atoms with Crippen LogP contribution in [0.25, 0.3) is 0 Å². The highest BCUT2D eigenvalue weighted by molar-refractivity contribution is 5.86. The lowest BCUT2D eigenvalue weighted by Crippen LogP contribution is -2.41. The Morgan fingerprint density at radius 1 is 1.14 bits per heavy atom. The minimum atomic E-state index is -4.66. The van der Waals surface area contributed by atoms with Gasteiger partial charge in [0.1, 0.15) is 5.82 Å². The summed E-state index contributed by atoms with van der Waals surface area (Å²) in [6.45, 7) is 3.76. The van der Waals surface area contributed by atoms with Crippen LogP contribution in [-0.2, 0) is 23.7 Å². The van der Waals surface area contributed by atoms with Crippen molar-refractivity contribution in [3.63, 3.8) is 0 Å². The van der Waals surface area contributed by atoms with Gasteiger partial charge in [-0.1, -0.05) is 6.58 Å². The van der Waals surface area contributed by atoms with Crippen LogP contribution >= 0.6 is 0 Å². The Labute approximate surface area is 161 Å². The van der Waals surface area contributed by atoms with Crippen LogP contribution in [0.1, 0.15) is 11.3 Å². The number of carbonyl (C=O) groups is 1. The first-order chi connectivity index (χ1) is 13.5. The van der Waals surface area contributed by atoms with Gasteiger partial charge in [0, 0.05) is 37.3 Å². The molecule has 0 saturated heterocycles. The van der Waals surface area contributed by atoms with Crippen LogP contribution in [0.5, 0.6) is 0 Å². The molecule has 1 amide bonds. The number of nitrogens with one attached hydrogen (secondary N) is 1. The molecule has 1 atom stereocenters. The fraction of sp³-hybridized carbons (Fsp3) is 0.333. The van der Waals surface area contributed by atoms with Crippen LogP contribution in [0, 0.1) is 5.92 Å². The molecule has 0 spiro atoms. The van der Waals surface area contributed by atoms with Crippen LogP contribution in [0.3, 0.4) is 0 Å². The highest BCUT2D eigenvalue weighted by Crippen LogP contribution is 2.37. The van der Waals surface area contributed by atoms with Crippen molar-refractivity contribution in [2.45, 2.75) is 18.9 Å². The number of hydrogen-bond acceptors (Lipinski definition) is 3. The lowest BCUT2D eigenvalue weighted by Gasteiger charge is -2.34. The molecule has 5 nitrogen and oxygen atoms in total. The number of anilines is 2. The highest BCUT2D eigenvalue weighted by Gasteiger charge is 2.38. The van der Waals surface area contributed by atoms with Crippen molar-refractivity contribution < 1.29 is 31.1 Å². The zero-order chi connectivity index (χ0) is 21.4. The standard InChI is InChI=1S/C18H16F6N4O/c1-2-15(29)25-8-11-9-27(13-5-3-12(4-6-13)17(19,20)21)16-7-14(18(22,23)24)26-28(16)10-11/h2-7,11H,1,8-10H2,(H,25,29). The molecule has 1 aromatic heterocycles. The van der Waals surface area contributed by atoms with E-state index in [1.54, 1.807) is 0 Å². The molecule has 11 heteroatoms. The summed E-state index contributed by atoms with van der Waals surface area (Å²) in [4.78, 5) is 12.9. The third kappa shape index (κ3) is 4.54. The number of nitrogens with zero attached hydrogens (tertiary/aromatic N) is 3. The van der Waals surface area contributed by atoms with Crippen molar-refractivity contribution in [1.82, 2.24) is 15.1 Å². The summed E-state index contributed by atoms with van der Waals surface area (Å²) in [7, 11) is 0. The van der Waals surface area contributed by atoms with E-state index in [0.717, 1.165) is 29.0 Å². The Kier molecular flexibility index (Phi) is 5.33. The average Bonchev–Trinajstić information content (AvgIpc) is 3.09. The Balaban J connectivity index is 1.94. The number of fused-ring (bicyclic) bond motifs is 1. The van der Waals surface area contributed by atoms with Gasteiger partial charge in [-0.3, -0.25) is 4.79 Å². The molecule has 156 valence electrons. The van der Waals surface area contributed by atoms with E-state index in [2.05, 4.69) is 17.0 Å². The first-order valence-corrected chi connectivity index (χ1v) is 8.49. The van der Waals surface area contributed by atoms with E-state index < -0.39 is 29.5 Å². The number of alkyl halides is 6. The smallest absolute Gasteiger partial charge is 0.352 e. The largest absolute Gasteiger partial charge is 0.435 e. The van der Waals surface area contributed by atoms with Crippen molar-refractivity contribution in [1.29, 1.82) is 0 Å². The number of benzene rings is 1. The first-order valence-electron chi connectivity index (χ1n) is 8.49. The molecule has 2 heterocycles. The summed E-state index contributed by atoms with van der Waals surface area (Å²) >= 11 is 0. The molecular formula is C18H16F6N4O. The molecule has 0 radical (unpaired) electrons. The number of amides is 1. The lowest BCUT2D eigenvalue weighted by atomic mass is 10.1. The maximum atomic E-state index is 13.1. The van der Waals surface area contributed by atoms with Crippen LogP contribution < -0.4 is 10.2 Å². The summed E-state index contributed by atoms with van der Waals surface area (Å²) < 4.78 is 78.9. The second-order valence-corrected chi connectivity index (χ2v) is 6.54. The fourth-order valence-electron chi connectivity index (χ4n) is 3.07. The summed E-state index contributed by atoms with van der Waals surface area (Å²) in [5, 5.41) is 6.16. The van der Waals surface area contributed by atoms with Gasteiger partial charge in [-0.25, -0.2) is 4.68 Å². The number of carbonyl (C=O) groups excluding carboxylic acids is 1. The van der Waals surface area contributed by atoms with Crippen molar-refractivity contribution in [2.24, 2.45) is 5.92 Å². The predicted octanol–water partition coefficient (Wildman–Crippen LogP) is 3.99. The van der Waals surface area contributed by atoms with E-state index >= 15 is 0 Å². The molecule has 0 saturated carbocycles. The average molecular weight is 418 g/mol. The molecule has 2 aromatic rings. The highest BCUT2D eigenvalue weighted by atomic mass is 19.4. The maximum Gasteiger partial charge on any atom is 0.435 e. The SMILES string of the molecule is C=CC(=O)NCC1CN(c2ccc(C(F)(F)F)cc2)c2cc(C(F)(F)F)nn2C1. The molecule has 1 aliphatic heterocycles. The Morgan fingerprint density at radius 3 is 2.34 bits per heavy atom. The molecule has 0 fully saturated rings. The number of hydrogen-bond donors (Lipinski definition) is 1. The summed E-state index contributed by atoms with van der Waals surface area (Å²) in [6, 6.07) is 4.97. The van der Waals surface area contributed by atoms with Gasteiger partial charge in [-0.2, -0.15) is 31.4 Å². The van der Waals surface area contributed by atoms with Crippen molar-refractivity contribution in [3.8, 4) is 0 Å². The second-order valence-electron chi connectivity index (χ2n) is 6.54. The number of aromatic nitrogens is 2. The van der Waals surface area contributed by atoms with Crippen molar-refractivity contribution in [3.05, 3.63) is 54.2 Å². The number of halogens is 6. The summed E-state index contributed by atoms with van der Waals surface area (Å²) in [5.74, 6) is -0.647. The summed E-state index contributed by atoms with van der Waals surface area (Å²) in [6.07, 6.45) is -8.12. The Morgan fingerprint density at radius 2 is 1.79 bits per heavy atom. The topological polar surface area (TPSA) is 50.2 Å². The molecule has 0 bridgehead atoms. The third-order valence-electron chi connectivity index (χ3n) is 4.45. The zero-order valence-corrected chi connectivity index (χ0v) is 14.9. The van der Waals surface area contributed by atoms with E-state index in [1.807, 2.05) is 0 Å². The van der Waals surface area contributed by atoms with Gasteiger partial charge in [0.25, 0.3) is 0 Å². The molecular weight excluding hydrogens is 402 g/mol. The van der Waals surface area contributed by atoms with E-state index in [0.29, 0.717) is 0 Å². The predicted molar refractivity (Wildman–Crippen MR) is 92.4 cm³/mol. The number of rotatable bonds is 4. The van der Waals surface area contributed by atoms with Crippen LogP contribution in [-0.4, -0.2) is 28.8 Å². The maximum absolute atomic E-state index is 13.1. The zero-order valence-electron chi connectivity index (χ0n) is 14.9. The molecule has 1 N–H and O–H groups in total. The first kappa shape index (κ1) is 20.7. The molecule has 1 aromatic carbocycles. The summed E-state index contributed by atoms with van der Waals surface area (Å²) in [5.41, 5.74) is -1.68. The van der Waals surface area contributed by atoms with Crippen LogP contribution in [0.4, 0.5) is 37.8 Å². The van der Waals surface area contributed by atoms with Gasteiger partial charge in [0.15, 0.2) is 5.69 Å². The van der Waals surface area contributed by atoms with E-state index in [4.69, 9.17) is 0 Å². The van der Waals surface area contributed by atoms with Crippen LogP contribution in [0.2, 0.25) is 0 Å². The molecule has 29 heavy (non-hydrogen) atoms. The molecule has 3 rings (SSSR count). The second kappa shape index (κ2) is 7.45. The monoisotopic (exact) mass is 418 g/mol. The fourth-order valence-corrected chi connectivity index (χ4v) is 3.07. The minimum absolute atomic E-state index is 0.111. The Hall–Kier alpha value is -2.98. The minimum Gasteiger partial charge on any atom is -0.352 e. The Bertz CT molecular complexity index is 901. The van der Waals surface area contributed by atoms with E-state index in [-0.39, 0.29) is 37.1 Å². The van der Waals surface area contributed by atoms with E-state index in [9.17, 15) is 31.1 Å². The van der Waals surface area contributed by atoms with E-state index in [1.165, 1.54) is 17.0 Å². The molecule has 1 aliphatic rings. The van der Waals surface area contributed by atoms with Gasteiger partial charge in [-0.15, -0.1) is 0 Å². The molecule has 1 unspecified atom stereocenters. The van der Waals surface area contributed by atoms with Crippen LogP contribution in [0.15, 0.2) is 43.0 Å². The van der Waals surface area contributed by atoms with Crippen molar-refractivity contribution in [2.75, 3.05) is 18.0 Å². The third-order valence-corrected chi connectivity index (χ3v) is 4.45. The van der Waals surface area contributed by atoms with Gasteiger partial charge in [-0.05, 0) is 30.3 Å². The van der Waals surface area contributed by atoms with Gasteiger partial charge in [0.2, 0.25) is 5.91 Å². The van der Waals surface area contributed by atoms with Gasteiger partial charge in [0.05, 0.1) is 5.56 Å². The van der Waals surface area contributed by atoms with Gasteiger partial charge >= 0.3 is 12.4 Å². The van der Waals surface area contributed by atoms with Gasteiger partial charge < -0.3 is 10.2 Å².